The molecule has 8 heteroatoms. The van der Waals surface area contributed by atoms with Crippen LogP contribution in [0.25, 0.3) is 11.4 Å². The van der Waals surface area contributed by atoms with Crippen molar-refractivity contribution >= 4 is 29.0 Å². The highest BCUT2D eigenvalue weighted by Crippen LogP contribution is 2.36. The number of aliphatic hydroxyl groups is 1. The number of ketones is 1. The van der Waals surface area contributed by atoms with Crippen molar-refractivity contribution in [3.8, 4) is 11.4 Å². The van der Waals surface area contributed by atoms with Crippen molar-refractivity contribution in [1.82, 2.24) is 14.3 Å². The second kappa shape index (κ2) is 9.39. The van der Waals surface area contributed by atoms with Crippen LogP contribution in [0.15, 0.2) is 53.3 Å². The van der Waals surface area contributed by atoms with E-state index in [0.29, 0.717) is 22.3 Å². The van der Waals surface area contributed by atoms with Crippen molar-refractivity contribution in [2.45, 2.75) is 44.2 Å². The first-order valence-corrected chi connectivity index (χ1v) is 11.1. The predicted molar refractivity (Wildman–Crippen MR) is 121 cm³/mol. The number of halogens is 2. The highest BCUT2D eigenvalue weighted by Gasteiger charge is 2.31. The summed E-state index contributed by atoms with van der Waals surface area (Å²) in [5, 5.41) is 15.1. The van der Waals surface area contributed by atoms with Crippen molar-refractivity contribution in [3.63, 3.8) is 0 Å². The first-order valence-electron chi connectivity index (χ1n) is 10.3. The molecule has 0 saturated heterocycles. The number of carbonyl (C=O) groups is 1. The Kier molecular flexibility index (Phi) is 6.60. The van der Waals surface area contributed by atoms with E-state index in [2.05, 4.69) is 5.10 Å². The molecule has 0 radical (unpaired) electrons. The minimum absolute atomic E-state index is 0.0554. The van der Waals surface area contributed by atoms with Gasteiger partial charge in [-0.15, -0.1) is 5.10 Å². The number of nitrogens with zero attached hydrogens (tertiary/aromatic N) is 3. The van der Waals surface area contributed by atoms with Gasteiger partial charge in [0.1, 0.15) is 6.54 Å². The van der Waals surface area contributed by atoms with Gasteiger partial charge in [0, 0.05) is 34.7 Å². The molecule has 1 aliphatic rings. The molecule has 4 rings (SSSR count). The maximum atomic E-state index is 13.0. The van der Waals surface area contributed by atoms with Gasteiger partial charge in [-0.1, -0.05) is 41.4 Å². The summed E-state index contributed by atoms with van der Waals surface area (Å²) in [5.41, 5.74) is 1.33. The molecule has 1 atom stereocenters. The Morgan fingerprint density at radius 3 is 2.48 bits per heavy atom. The van der Waals surface area contributed by atoms with Gasteiger partial charge in [-0.3, -0.25) is 9.36 Å². The molecule has 6 nitrogen and oxygen atoms in total. The molecule has 1 unspecified atom stereocenters. The SMILES string of the molecule is O=C(CC(CCO)c1ccccc1Cl)Cn1nc(-c2ccc(Cl)cc2)n(C2CC2)c1=O. The number of aromatic nitrogens is 3. The molecule has 0 amide bonds. The molecule has 0 bridgehead atoms. The van der Waals surface area contributed by atoms with Crippen LogP contribution in [-0.4, -0.2) is 31.8 Å². The first kappa shape index (κ1) is 21.8. The van der Waals surface area contributed by atoms with Crippen LogP contribution in [0.3, 0.4) is 0 Å². The molecule has 2 aromatic carbocycles. The molecule has 1 saturated carbocycles. The molecular formula is C23H23Cl2N3O3. The standard InChI is InChI=1S/C23H23Cl2N3O3/c24-17-7-5-15(6-8-17)22-26-27(23(31)28(22)18-9-10-18)14-19(30)13-16(11-12-29)20-3-1-2-4-21(20)25/h1-8,16,18,29H,9-14H2. The van der Waals surface area contributed by atoms with Crippen LogP contribution in [0.4, 0.5) is 0 Å². The lowest BCUT2D eigenvalue weighted by molar-refractivity contribution is -0.120. The number of Topliss-reactive ketones (excluding diaryl/α,β-unsaturated/α-hetero) is 1. The summed E-state index contributed by atoms with van der Waals surface area (Å²) in [4.78, 5) is 25.9. The minimum atomic E-state index is -0.280. The van der Waals surface area contributed by atoms with E-state index in [1.54, 1.807) is 22.8 Å². The van der Waals surface area contributed by atoms with Gasteiger partial charge in [-0.2, -0.15) is 0 Å². The van der Waals surface area contributed by atoms with Crippen molar-refractivity contribution in [2.75, 3.05) is 6.61 Å². The molecule has 1 N–H and O–H groups in total. The van der Waals surface area contributed by atoms with Crippen LogP contribution in [0.1, 0.15) is 43.2 Å². The highest BCUT2D eigenvalue weighted by molar-refractivity contribution is 6.31. The molecule has 31 heavy (non-hydrogen) atoms. The highest BCUT2D eigenvalue weighted by atomic mass is 35.5. The molecule has 0 spiro atoms. The Labute approximate surface area is 190 Å². The number of carbonyl (C=O) groups excluding carboxylic acids is 1. The normalized spacial score (nSPS) is 14.5. The van der Waals surface area contributed by atoms with Crippen LogP contribution in [0, 0.1) is 0 Å². The Morgan fingerprint density at radius 1 is 1.13 bits per heavy atom. The van der Waals surface area contributed by atoms with Crippen molar-refractivity contribution in [1.29, 1.82) is 0 Å². The number of hydrogen-bond acceptors (Lipinski definition) is 4. The second-order valence-corrected chi connectivity index (χ2v) is 8.69. The third kappa shape index (κ3) is 4.92. The average molecular weight is 460 g/mol. The fourth-order valence-electron chi connectivity index (χ4n) is 3.82. The smallest absolute Gasteiger partial charge is 0.346 e. The topological polar surface area (TPSA) is 77.1 Å². The molecule has 0 aliphatic heterocycles. The minimum Gasteiger partial charge on any atom is -0.396 e. The number of hydrogen-bond donors (Lipinski definition) is 1. The van der Waals surface area contributed by atoms with Crippen LogP contribution in [-0.2, 0) is 11.3 Å². The lowest BCUT2D eigenvalue weighted by Gasteiger charge is -2.16. The number of rotatable bonds is 9. The van der Waals surface area contributed by atoms with E-state index in [1.807, 2.05) is 30.3 Å². The van der Waals surface area contributed by atoms with Crippen LogP contribution in [0.5, 0.6) is 0 Å². The van der Waals surface area contributed by atoms with Crippen LogP contribution in [0.2, 0.25) is 10.0 Å². The van der Waals surface area contributed by atoms with Gasteiger partial charge in [-0.05, 0) is 61.1 Å². The van der Waals surface area contributed by atoms with E-state index in [4.69, 9.17) is 23.2 Å². The Bertz CT molecular complexity index is 1130. The van der Waals surface area contributed by atoms with E-state index in [9.17, 15) is 14.7 Å². The summed E-state index contributed by atoms with van der Waals surface area (Å²) >= 11 is 12.3. The Hall–Kier alpha value is -2.41. The lowest BCUT2D eigenvalue weighted by Crippen LogP contribution is -2.28. The van der Waals surface area contributed by atoms with Gasteiger partial charge in [0.25, 0.3) is 0 Å². The maximum Gasteiger partial charge on any atom is 0.346 e. The summed E-state index contributed by atoms with van der Waals surface area (Å²) in [6, 6.07) is 14.6. The quantitative estimate of drug-likeness (QED) is 0.511. The molecular weight excluding hydrogens is 437 g/mol. The van der Waals surface area contributed by atoms with Gasteiger partial charge >= 0.3 is 5.69 Å². The predicted octanol–water partition coefficient (Wildman–Crippen LogP) is 4.48. The zero-order chi connectivity index (χ0) is 22.0. The summed E-state index contributed by atoms with van der Waals surface area (Å²) in [6.45, 7) is -0.175. The van der Waals surface area contributed by atoms with Gasteiger partial charge in [-0.25, -0.2) is 9.48 Å². The van der Waals surface area contributed by atoms with E-state index >= 15 is 0 Å². The zero-order valence-corrected chi connectivity index (χ0v) is 18.4. The molecule has 1 heterocycles. The maximum absolute atomic E-state index is 13.0. The number of aliphatic hydroxyl groups excluding tert-OH is 1. The average Bonchev–Trinajstić information content (AvgIpc) is 3.53. The molecule has 162 valence electrons. The third-order valence-electron chi connectivity index (χ3n) is 5.51. The first-order chi connectivity index (χ1) is 15.0. The Morgan fingerprint density at radius 2 is 1.84 bits per heavy atom. The van der Waals surface area contributed by atoms with Crippen molar-refractivity contribution in [2.24, 2.45) is 0 Å². The Balaban J connectivity index is 1.58. The van der Waals surface area contributed by atoms with Gasteiger partial charge in [0.2, 0.25) is 0 Å². The van der Waals surface area contributed by atoms with Gasteiger partial charge in [0.05, 0.1) is 0 Å². The van der Waals surface area contributed by atoms with Gasteiger partial charge < -0.3 is 5.11 Å². The fourth-order valence-corrected chi connectivity index (χ4v) is 4.23. The van der Waals surface area contributed by atoms with E-state index in [-0.39, 0.29) is 43.0 Å². The molecule has 1 aromatic heterocycles. The third-order valence-corrected chi connectivity index (χ3v) is 6.10. The van der Waals surface area contributed by atoms with Crippen LogP contribution < -0.4 is 5.69 Å². The summed E-state index contributed by atoms with van der Waals surface area (Å²) in [7, 11) is 0. The number of benzene rings is 2. The van der Waals surface area contributed by atoms with E-state index in [1.165, 1.54) is 4.68 Å². The van der Waals surface area contributed by atoms with Gasteiger partial charge in [0.15, 0.2) is 11.6 Å². The van der Waals surface area contributed by atoms with E-state index < -0.39 is 0 Å². The van der Waals surface area contributed by atoms with E-state index in [0.717, 1.165) is 24.0 Å². The lowest BCUT2D eigenvalue weighted by atomic mass is 9.91. The fraction of sp³-hybridized carbons (Fsp3) is 0.348. The van der Waals surface area contributed by atoms with Crippen LogP contribution >= 0.6 is 23.2 Å². The van der Waals surface area contributed by atoms with Crippen molar-refractivity contribution in [3.05, 3.63) is 74.6 Å². The zero-order valence-electron chi connectivity index (χ0n) is 16.9. The molecule has 3 aromatic rings. The summed E-state index contributed by atoms with van der Waals surface area (Å²) in [6.07, 6.45) is 2.43. The monoisotopic (exact) mass is 459 g/mol. The second-order valence-electron chi connectivity index (χ2n) is 7.85. The molecule has 1 aliphatic carbocycles. The molecule has 1 fully saturated rings. The van der Waals surface area contributed by atoms with Crippen molar-refractivity contribution < 1.29 is 9.90 Å². The summed E-state index contributed by atoms with van der Waals surface area (Å²) in [5.74, 6) is 0.196. The summed E-state index contributed by atoms with van der Waals surface area (Å²) < 4.78 is 2.92. The largest absolute Gasteiger partial charge is 0.396 e.